The van der Waals surface area contributed by atoms with Crippen molar-refractivity contribution in [2.75, 3.05) is 0 Å². The van der Waals surface area contributed by atoms with Crippen LogP contribution in [0.3, 0.4) is 0 Å². The Balaban J connectivity index is 1.89. The molecule has 136 valence electrons. The number of allylic oxidation sites excluding steroid dienone is 1. The second-order valence-electron chi connectivity index (χ2n) is 7.59. The molecule has 1 aliphatic rings. The smallest absolute Gasteiger partial charge is 0.244 e. The van der Waals surface area contributed by atoms with Crippen molar-refractivity contribution >= 4 is 11.3 Å². The number of fused-ring (bicyclic) bond motifs is 1. The quantitative estimate of drug-likeness (QED) is 0.681. The number of benzene rings is 1. The molecule has 5 nitrogen and oxygen atoms in total. The van der Waals surface area contributed by atoms with Gasteiger partial charge in [-0.1, -0.05) is 51.1 Å². The van der Waals surface area contributed by atoms with E-state index in [2.05, 4.69) is 61.3 Å². The second-order valence-corrected chi connectivity index (χ2v) is 8.54. The highest BCUT2D eigenvalue weighted by atomic mass is 32.1. The van der Waals surface area contributed by atoms with Gasteiger partial charge in [0.1, 0.15) is 11.6 Å². The van der Waals surface area contributed by atoms with E-state index in [9.17, 15) is 5.26 Å². The van der Waals surface area contributed by atoms with Gasteiger partial charge in [-0.3, -0.25) is 5.10 Å². The SMILES string of the molecule is CC(C)(C)c1ccc([C@@H]2C(C#N)=C(N)Oc3n[nH]c(-c4cccs4)c32)cc1. The maximum absolute atomic E-state index is 9.77. The van der Waals surface area contributed by atoms with Crippen molar-refractivity contribution in [3.05, 3.63) is 69.9 Å². The third-order valence-electron chi connectivity index (χ3n) is 4.82. The van der Waals surface area contributed by atoms with Crippen molar-refractivity contribution < 1.29 is 4.74 Å². The molecule has 0 fully saturated rings. The number of thiophene rings is 1. The largest absolute Gasteiger partial charge is 0.420 e. The summed E-state index contributed by atoms with van der Waals surface area (Å²) in [6.07, 6.45) is 0. The van der Waals surface area contributed by atoms with E-state index in [1.165, 1.54) is 5.56 Å². The van der Waals surface area contributed by atoms with Crippen molar-refractivity contribution in [2.45, 2.75) is 32.1 Å². The molecule has 0 amide bonds. The fourth-order valence-corrected chi connectivity index (χ4v) is 4.10. The highest BCUT2D eigenvalue weighted by molar-refractivity contribution is 7.13. The van der Waals surface area contributed by atoms with Crippen molar-refractivity contribution in [3.63, 3.8) is 0 Å². The van der Waals surface area contributed by atoms with Crippen LogP contribution >= 0.6 is 11.3 Å². The molecule has 0 radical (unpaired) electrons. The minimum Gasteiger partial charge on any atom is -0.420 e. The molecule has 3 aromatic rings. The van der Waals surface area contributed by atoms with Crippen LogP contribution in [0, 0.1) is 11.3 Å². The Hall–Kier alpha value is -3.04. The van der Waals surface area contributed by atoms with Crippen LogP contribution in [0.15, 0.2) is 53.2 Å². The van der Waals surface area contributed by atoms with Gasteiger partial charge in [0.2, 0.25) is 11.8 Å². The molecule has 4 rings (SSSR count). The van der Waals surface area contributed by atoms with Gasteiger partial charge in [0.05, 0.1) is 22.1 Å². The summed E-state index contributed by atoms with van der Waals surface area (Å²) in [4.78, 5) is 1.04. The number of nitrogens with one attached hydrogen (secondary N) is 1. The van der Waals surface area contributed by atoms with E-state index in [-0.39, 0.29) is 17.2 Å². The lowest BCUT2D eigenvalue weighted by Crippen LogP contribution is -2.21. The van der Waals surface area contributed by atoms with Gasteiger partial charge in [-0.25, -0.2) is 0 Å². The fraction of sp³-hybridized carbons (Fsp3) is 0.238. The standard InChI is InChI=1S/C21H20N4OS/c1-21(2,3)13-8-6-12(7-9-13)16-14(11-22)19(23)26-20-17(16)18(24-25-20)15-5-4-10-27-15/h4-10,16H,23H2,1-3H3,(H,24,25)/t16-/m1/s1. The van der Waals surface area contributed by atoms with Crippen molar-refractivity contribution in [1.29, 1.82) is 5.26 Å². The van der Waals surface area contributed by atoms with Gasteiger partial charge >= 0.3 is 0 Å². The summed E-state index contributed by atoms with van der Waals surface area (Å²) < 4.78 is 5.64. The number of rotatable bonds is 2. The number of H-pyrrole nitrogens is 1. The highest BCUT2D eigenvalue weighted by Gasteiger charge is 2.35. The third-order valence-corrected chi connectivity index (χ3v) is 5.70. The maximum atomic E-state index is 9.77. The number of aromatic nitrogens is 2. The van der Waals surface area contributed by atoms with Gasteiger partial charge in [-0.05, 0) is 28.0 Å². The zero-order valence-electron chi connectivity index (χ0n) is 15.4. The van der Waals surface area contributed by atoms with Crippen molar-refractivity contribution in [2.24, 2.45) is 5.73 Å². The van der Waals surface area contributed by atoms with Gasteiger partial charge in [0.15, 0.2) is 0 Å². The second kappa shape index (κ2) is 6.29. The average molecular weight is 376 g/mol. The lowest BCUT2D eigenvalue weighted by atomic mass is 9.81. The van der Waals surface area contributed by atoms with Crippen LogP contribution in [-0.4, -0.2) is 10.2 Å². The molecule has 1 aliphatic heterocycles. The summed E-state index contributed by atoms with van der Waals surface area (Å²) in [6.45, 7) is 6.54. The summed E-state index contributed by atoms with van der Waals surface area (Å²) in [5, 5.41) is 19.1. The zero-order valence-corrected chi connectivity index (χ0v) is 16.2. The molecular weight excluding hydrogens is 356 g/mol. The molecule has 1 atom stereocenters. The maximum Gasteiger partial charge on any atom is 0.244 e. The summed E-state index contributed by atoms with van der Waals surface area (Å²) >= 11 is 1.61. The Morgan fingerprint density at radius 1 is 1.22 bits per heavy atom. The monoisotopic (exact) mass is 376 g/mol. The van der Waals surface area contributed by atoms with E-state index >= 15 is 0 Å². The topological polar surface area (TPSA) is 87.7 Å². The number of ether oxygens (including phenoxy) is 1. The molecule has 0 bridgehead atoms. The molecular formula is C21H20N4OS. The summed E-state index contributed by atoms with van der Waals surface area (Å²) in [5.74, 6) is 0.225. The van der Waals surface area contributed by atoms with E-state index in [1.54, 1.807) is 11.3 Å². The minimum absolute atomic E-state index is 0.0596. The molecule has 27 heavy (non-hydrogen) atoms. The number of nitrogens with two attached hydrogens (primary N) is 1. The molecule has 3 N–H and O–H groups in total. The van der Waals surface area contributed by atoms with E-state index in [0.29, 0.717) is 11.5 Å². The highest BCUT2D eigenvalue weighted by Crippen LogP contribution is 2.46. The molecule has 2 aromatic heterocycles. The fourth-order valence-electron chi connectivity index (χ4n) is 3.36. The van der Waals surface area contributed by atoms with Crippen LogP contribution in [-0.2, 0) is 5.41 Å². The van der Waals surface area contributed by atoms with Gasteiger partial charge in [-0.2, -0.15) is 5.26 Å². The number of nitriles is 1. The predicted octanol–water partition coefficient (Wildman–Crippen LogP) is 4.65. The van der Waals surface area contributed by atoms with E-state index in [0.717, 1.165) is 21.7 Å². The molecule has 0 saturated carbocycles. The first kappa shape index (κ1) is 17.4. The Labute approximate surface area is 162 Å². The lowest BCUT2D eigenvalue weighted by molar-refractivity contribution is 0.379. The minimum atomic E-state index is -0.316. The van der Waals surface area contributed by atoms with Crippen LogP contribution < -0.4 is 10.5 Å². The first-order chi connectivity index (χ1) is 12.9. The molecule has 0 saturated heterocycles. The van der Waals surface area contributed by atoms with Crippen molar-refractivity contribution in [3.8, 4) is 22.5 Å². The Morgan fingerprint density at radius 3 is 2.56 bits per heavy atom. The Kier molecular flexibility index (Phi) is 4.05. The van der Waals surface area contributed by atoms with Crippen LogP contribution in [0.5, 0.6) is 5.88 Å². The van der Waals surface area contributed by atoms with Crippen LogP contribution in [0.1, 0.15) is 43.4 Å². The molecule has 0 spiro atoms. The number of hydrogen-bond donors (Lipinski definition) is 2. The lowest BCUT2D eigenvalue weighted by Gasteiger charge is -2.25. The number of nitrogens with zero attached hydrogens (tertiary/aromatic N) is 2. The third kappa shape index (κ3) is 2.90. The normalized spacial score (nSPS) is 16.6. The van der Waals surface area contributed by atoms with E-state index in [1.807, 2.05) is 17.5 Å². The Morgan fingerprint density at radius 2 is 1.96 bits per heavy atom. The summed E-state index contributed by atoms with van der Waals surface area (Å²) in [7, 11) is 0. The van der Waals surface area contributed by atoms with Gasteiger partial charge < -0.3 is 10.5 Å². The predicted molar refractivity (Wildman–Crippen MR) is 106 cm³/mol. The van der Waals surface area contributed by atoms with Crippen molar-refractivity contribution in [1.82, 2.24) is 10.2 Å². The first-order valence-corrected chi connectivity index (χ1v) is 9.58. The van der Waals surface area contributed by atoms with Gasteiger partial charge in [0, 0.05) is 0 Å². The van der Waals surface area contributed by atoms with E-state index < -0.39 is 0 Å². The summed E-state index contributed by atoms with van der Waals surface area (Å²) in [5.41, 5.74) is 10.5. The van der Waals surface area contributed by atoms with Gasteiger partial charge in [-0.15, -0.1) is 16.4 Å². The van der Waals surface area contributed by atoms with Crippen LogP contribution in [0.4, 0.5) is 0 Å². The number of aromatic amines is 1. The molecule has 1 aromatic carbocycles. The average Bonchev–Trinajstić information content (AvgIpc) is 3.29. The molecule has 3 heterocycles. The summed E-state index contributed by atoms with van der Waals surface area (Å²) in [6, 6.07) is 14.6. The Bertz CT molecular complexity index is 1050. The van der Waals surface area contributed by atoms with E-state index in [4.69, 9.17) is 10.5 Å². The molecule has 0 aliphatic carbocycles. The molecule has 6 heteroatoms. The first-order valence-electron chi connectivity index (χ1n) is 8.70. The van der Waals surface area contributed by atoms with Gasteiger partial charge in [0.25, 0.3) is 0 Å². The zero-order chi connectivity index (χ0) is 19.2. The van der Waals surface area contributed by atoms with Crippen LogP contribution in [0.25, 0.3) is 10.6 Å². The molecule has 0 unspecified atom stereocenters. The van der Waals surface area contributed by atoms with Crippen LogP contribution in [0.2, 0.25) is 0 Å². The number of hydrogen-bond acceptors (Lipinski definition) is 5.